The second kappa shape index (κ2) is 4.41. The van der Waals surface area contributed by atoms with Crippen LogP contribution in [0.5, 0.6) is 0 Å². The topological polar surface area (TPSA) is 38.0 Å². The van der Waals surface area contributed by atoms with Crippen LogP contribution in [-0.4, -0.2) is 0 Å². The molecule has 0 aliphatic carbocycles. The first-order valence-electron chi connectivity index (χ1n) is 5.14. The summed E-state index contributed by atoms with van der Waals surface area (Å²) in [5, 5.41) is 2.93. The number of hydrogen-bond acceptors (Lipinski definition) is 2. The Morgan fingerprint density at radius 3 is 2.53 bits per heavy atom. The van der Waals surface area contributed by atoms with Gasteiger partial charge in [-0.1, -0.05) is 6.07 Å². The molecule has 0 aromatic heterocycles. The van der Waals surface area contributed by atoms with Gasteiger partial charge in [0.25, 0.3) is 0 Å². The van der Waals surface area contributed by atoms with Crippen LogP contribution in [0.1, 0.15) is 5.56 Å². The minimum Gasteiger partial charge on any atom is -0.398 e. The second-order valence-electron chi connectivity index (χ2n) is 3.80. The minimum absolute atomic E-state index is 0.350. The number of nitrogens with one attached hydrogen (secondary N) is 1. The molecule has 0 atom stereocenters. The monoisotopic (exact) mass is 234 g/mol. The predicted molar refractivity (Wildman–Crippen MR) is 65.2 cm³/mol. The Balaban J connectivity index is 2.36. The third-order valence-electron chi connectivity index (χ3n) is 2.52. The van der Waals surface area contributed by atoms with Crippen molar-refractivity contribution in [2.75, 3.05) is 11.1 Å². The largest absolute Gasteiger partial charge is 0.398 e. The van der Waals surface area contributed by atoms with Crippen LogP contribution >= 0.6 is 0 Å². The molecular weight excluding hydrogens is 222 g/mol. The summed E-state index contributed by atoms with van der Waals surface area (Å²) in [6, 6.07) is 8.54. The maximum absolute atomic E-state index is 13.2. The van der Waals surface area contributed by atoms with Crippen molar-refractivity contribution >= 4 is 17.1 Å². The molecule has 17 heavy (non-hydrogen) atoms. The fourth-order valence-corrected chi connectivity index (χ4v) is 1.55. The van der Waals surface area contributed by atoms with Gasteiger partial charge in [0.1, 0.15) is 11.6 Å². The van der Waals surface area contributed by atoms with Gasteiger partial charge in [0.05, 0.1) is 0 Å². The molecule has 3 N–H and O–H groups in total. The maximum atomic E-state index is 13.2. The van der Waals surface area contributed by atoms with E-state index in [4.69, 9.17) is 5.73 Å². The molecule has 0 aliphatic heterocycles. The molecule has 2 rings (SSSR count). The van der Waals surface area contributed by atoms with Crippen LogP contribution in [0.25, 0.3) is 0 Å². The second-order valence-corrected chi connectivity index (χ2v) is 3.80. The first-order chi connectivity index (χ1) is 8.06. The highest BCUT2D eigenvalue weighted by Gasteiger charge is 2.05. The summed E-state index contributed by atoms with van der Waals surface area (Å²) in [6.45, 7) is 1.77. The van der Waals surface area contributed by atoms with Gasteiger partial charge >= 0.3 is 0 Å². The van der Waals surface area contributed by atoms with Crippen LogP contribution in [0, 0.1) is 18.6 Å². The van der Waals surface area contributed by atoms with Gasteiger partial charge in [-0.25, -0.2) is 8.78 Å². The number of anilines is 3. The van der Waals surface area contributed by atoms with Crippen molar-refractivity contribution in [2.24, 2.45) is 0 Å². The van der Waals surface area contributed by atoms with E-state index in [2.05, 4.69) is 5.32 Å². The van der Waals surface area contributed by atoms with Crippen molar-refractivity contribution in [3.05, 3.63) is 53.6 Å². The fourth-order valence-electron chi connectivity index (χ4n) is 1.55. The highest BCUT2D eigenvalue weighted by molar-refractivity contribution is 5.69. The van der Waals surface area contributed by atoms with Crippen molar-refractivity contribution in [3.63, 3.8) is 0 Å². The average molecular weight is 234 g/mol. The standard InChI is InChI=1S/C13H12F2N2/c1-8-12(16)6-10(15)7-13(8)17-11-4-2-3-9(14)5-11/h2-7,17H,16H2,1H3. The zero-order valence-corrected chi connectivity index (χ0v) is 9.30. The lowest BCUT2D eigenvalue weighted by molar-refractivity contribution is 0.628. The summed E-state index contributed by atoms with van der Waals surface area (Å²) >= 11 is 0. The van der Waals surface area contributed by atoms with Crippen LogP contribution in [-0.2, 0) is 0 Å². The first kappa shape index (κ1) is 11.4. The van der Waals surface area contributed by atoms with Crippen LogP contribution in [0.2, 0.25) is 0 Å². The first-order valence-corrected chi connectivity index (χ1v) is 5.14. The molecule has 2 aromatic carbocycles. The molecule has 0 fully saturated rings. The van der Waals surface area contributed by atoms with Gasteiger partial charge in [-0.3, -0.25) is 0 Å². The lowest BCUT2D eigenvalue weighted by atomic mass is 10.1. The van der Waals surface area contributed by atoms with Crippen molar-refractivity contribution < 1.29 is 8.78 Å². The van der Waals surface area contributed by atoms with Crippen LogP contribution in [0.15, 0.2) is 36.4 Å². The van der Waals surface area contributed by atoms with Gasteiger partial charge in [0.2, 0.25) is 0 Å². The fraction of sp³-hybridized carbons (Fsp3) is 0.0769. The summed E-state index contributed by atoms with van der Waals surface area (Å²) in [5.41, 5.74) is 7.84. The van der Waals surface area contributed by atoms with Crippen molar-refractivity contribution in [3.8, 4) is 0 Å². The van der Waals surface area contributed by atoms with E-state index in [1.54, 1.807) is 19.1 Å². The lowest BCUT2D eigenvalue weighted by Gasteiger charge is -2.11. The Bertz CT molecular complexity index is 553. The van der Waals surface area contributed by atoms with E-state index in [1.807, 2.05) is 0 Å². The van der Waals surface area contributed by atoms with E-state index in [9.17, 15) is 8.78 Å². The number of hydrogen-bond donors (Lipinski definition) is 2. The van der Waals surface area contributed by atoms with Crippen LogP contribution in [0.3, 0.4) is 0 Å². The van der Waals surface area contributed by atoms with E-state index in [0.717, 1.165) is 5.56 Å². The van der Waals surface area contributed by atoms with Crippen LogP contribution in [0.4, 0.5) is 25.8 Å². The summed E-state index contributed by atoms with van der Waals surface area (Å²) in [6.07, 6.45) is 0. The van der Waals surface area contributed by atoms with E-state index >= 15 is 0 Å². The van der Waals surface area contributed by atoms with E-state index in [-0.39, 0.29) is 5.82 Å². The quantitative estimate of drug-likeness (QED) is 0.779. The Morgan fingerprint density at radius 2 is 1.82 bits per heavy atom. The zero-order chi connectivity index (χ0) is 12.4. The third kappa shape index (κ3) is 2.53. The van der Waals surface area contributed by atoms with E-state index < -0.39 is 5.82 Å². The number of benzene rings is 2. The van der Waals surface area contributed by atoms with E-state index in [0.29, 0.717) is 17.1 Å². The Kier molecular flexibility index (Phi) is 2.95. The number of rotatable bonds is 2. The predicted octanol–water partition coefficient (Wildman–Crippen LogP) is 3.60. The number of halogens is 2. The molecule has 0 amide bonds. The molecule has 0 aliphatic rings. The Labute approximate surface area is 98.1 Å². The van der Waals surface area contributed by atoms with Crippen molar-refractivity contribution in [1.29, 1.82) is 0 Å². The molecule has 0 unspecified atom stereocenters. The van der Waals surface area contributed by atoms with Crippen LogP contribution < -0.4 is 11.1 Å². The Morgan fingerprint density at radius 1 is 1.06 bits per heavy atom. The lowest BCUT2D eigenvalue weighted by Crippen LogP contribution is -1.98. The molecule has 0 saturated carbocycles. The molecule has 2 aromatic rings. The SMILES string of the molecule is Cc1c(N)cc(F)cc1Nc1cccc(F)c1. The summed E-state index contributed by atoms with van der Waals surface area (Å²) in [5.74, 6) is -0.774. The van der Waals surface area contributed by atoms with Gasteiger partial charge in [0.15, 0.2) is 0 Å². The molecule has 0 spiro atoms. The van der Waals surface area contributed by atoms with Gasteiger partial charge in [-0.15, -0.1) is 0 Å². The van der Waals surface area contributed by atoms with Gasteiger partial charge < -0.3 is 11.1 Å². The molecule has 2 nitrogen and oxygen atoms in total. The summed E-state index contributed by atoms with van der Waals surface area (Å²) < 4.78 is 26.2. The smallest absolute Gasteiger partial charge is 0.127 e. The number of nitrogens with two attached hydrogens (primary N) is 1. The van der Waals surface area contributed by atoms with E-state index in [1.165, 1.54) is 24.3 Å². The maximum Gasteiger partial charge on any atom is 0.127 e. The molecule has 0 radical (unpaired) electrons. The molecule has 0 saturated heterocycles. The van der Waals surface area contributed by atoms with Gasteiger partial charge in [-0.2, -0.15) is 0 Å². The highest BCUT2D eigenvalue weighted by atomic mass is 19.1. The molecule has 4 heteroatoms. The number of nitrogen functional groups attached to an aromatic ring is 1. The Hall–Kier alpha value is -2.10. The molecule has 0 heterocycles. The average Bonchev–Trinajstić information content (AvgIpc) is 2.25. The normalized spacial score (nSPS) is 10.3. The zero-order valence-electron chi connectivity index (χ0n) is 9.30. The van der Waals surface area contributed by atoms with Gasteiger partial charge in [-0.05, 0) is 42.8 Å². The molecular formula is C13H12F2N2. The summed E-state index contributed by atoms with van der Waals surface area (Å²) in [7, 11) is 0. The third-order valence-corrected chi connectivity index (χ3v) is 2.52. The van der Waals surface area contributed by atoms with Crippen molar-refractivity contribution in [1.82, 2.24) is 0 Å². The van der Waals surface area contributed by atoms with Gasteiger partial charge in [0, 0.05) is 17.1 Å². The minimum atomic E-state index is -0.424. The summed E-state index contributed by atoms with van der Waals surface area (Å²) in [4.78, 5) is 0. The molecule has 88 valence electrons. The highest BCUT2D eigenvalue weighted by Crippen LogP contribution is 2.26. The van der Waals surface area contributed by atoms with Crippen molar-refractivity contribution in [2.45, 2.75) is 6.92 Å². The molecule has 0 bridgehead atoms.